The fraction of sp³-hybridized carbons (Fsp3) is 0.200. The van der Waals surface area contributed by atoms with Crippen LogP contribution in [0.4, 0.5) is 10.3 Å². The number of hydrogen-bond acceptors (Lipinski definition) is 4. The number of nitrogens with zero attached hydrogens (tertiary/aromatic N) is 2. The van der Waals surface area contributed by atoms with E-state index in [1.165, 1.54) is 24.4 Å². The van der Waals surface area contributed by atoms with Crippen LogP contribution in [0, 0.1) is 5.82 Å². The van der Waals surface area contributed by atoms with Gasteiger partial charge in [-0.2, -0.15) is 4.98 Å². The Labute approximate surface area is 130 Å². The second-order valence-corrected chi connectivity index (χ2v) is 5.35. The van der Waals surface area contributed by atoms with Gasteiger partial charge in [0, 0.05) is 17.5 Å². The summed E-state index contributed by atoms with van der Waals surface area (Å²) in [4.78, 5) is 31.3. The molecule has 7 nitrogen and oxygen atoms in total. The lowest BCUT2D eigenvalue weighted by Crippen LogP contribution is -2.22. The number of para-hydroxylation sites is 1. The van der Waals surface area contributed by atoms with Crippen molar-refractivity contribution in [3.05, 3.63) is 51.8 Å². The normalized spacial score (nSPS) is 11.1. The van der Waals surface area contributed by atoms with Crippen molar-refractivity contribution in [2.75, 3.05) is 5.32 Å². The minimum Gasteiger partial charge on any atom is -0.358 e. The molecular formula is C15H14FN5O2. The average Bonchev–Trinajstić information content (AvgIpc) is 2.97. The molecule has 0 saturated heterocycles. The first-order valence-corrected chi connectivity index (χ1v) is 7.01. The van der Waals surface area contributed by atoms with E-state index in [0.717, 1.165) is 0 Å². The van der Waals surface area contributed by atoms with E-state index in [1.807, 2.05) is 13.8 Å². The van der Waals surface area contributed by atoms with Gasteiger partial charge in [-0.05, 0) is 12.1 Å². The van der Waals surface area contributed by atoms with Gasteiger partial charge in [0.05, 0.1) is 5.52 Å². The fourth-order valence-electron chi connectivity index (χ4n) is 2.14. The zero-order valence-corrected chi connectivity index (χ0v) is 12.5. The average molecular weight is 315 g/mol. The lowest BCUT2D eigenvalue weighted by molar-refractivity contribution is 0.102. The maximum Gasteiger partial charge on any atom is 0.263 e. The van der Waals surface area contributed by atoms with E-state index in [9.17, 15) is 14.0 Å². The Morgan fingerprint density at radius 1 is 1.35 bits per heavy atom. The second kappa shape index (κ2) is 5.64. The van der Waals surface area contributed by atoms with Crippen LogP contribution in [0.1, 0.15) is 35.9 Å². The maximum atomic E-state index is 13.6. The Balaban J connectivity index is 1.94. The molecule has 3 aromatic rings. The van der Waals surface area contributed by atoms with Gasteiger partial charge in [0.25, 0.3) is 5.91 Å². The molecule has 2 heterocycles. The third kappa shape index (κ3) is 2.70. The number of aromatic nitrogens is 4. The number of anilines is 1. The molecule has 0 radical (unpaired) electrons. The van der Waals surface area contributed by atoms with Crippen molar-refractivity contribution in [1.82, 2.24) is 20.2 Å². The first-order valence-electron chi connectivity index (χ1n) is 7.01. The summed E-state index contributed by atoms with van der Waals surface area (Å²) >= 11 is 0. The Morgan fingerprint density at radius 2 is 2.13 bits per heavy atom. The third-order valence-electron chi connectivity index (χ3n) is 3.38. The lowest BCUT2D eigenvalue weighted by atomic mass is 10.1. The van der Waals surface area contributed by atoms with Crippen LogP contribution in [0.3, 0.4) is 0 Å². The maximum absolute atomic E-state index is 13.6. The Morgan fingerprint density at radius 3 is 2.83 bits per heavy atom. The van der Waals surface area contributed by atoms with E-state index >= 15 is 0 Å². The topological polar surface area (TPSA) is 104 Å². The molecule has 0 aliphatic heterocycles. The van der Waals surface area contributed by atoms with Crippen LogP contribution in [0.2, 0.25) is 0 Å². The highest BCUT2D eigenvalue weighted by molar-refractivity contribution is 6.04. The molecule has 0 aliphatic rings. The zero-order chi connectivity index (χ0) is 16.6. The van der Waals surface area contributed by atoms with Crippen LogP contribution in [0.25, 0.3) is 10.9 Å². The van der Waals surface area contributed by atoms with Crippen LogP contribution in [0.15, 0.2) is 29.2 Å². The van der Waals surface area contributed by atoms with Crippen molar-refractivity contribution in [2.45, 2.75) is 19.8 Å². The van der Waals surface area contributed by atoms with Crippen molar-refractivity contribution in [1.29, 1.82) is 0 Å². The molecule has 2 aromatic heterocycles. The number of carbonyl (C=O) groups is 1. The van der Waals surface area contributed by atoms with E-state index < -0.39 is 17.2 Å². The number of aromatic amines is 2. The quantitative estimate of drug-likeness (QED) is 0.689. The highest BCUT2D eigenvalue weighted by atomic mass is 19.1. The first-order chi connectivity index (χ1) is 11.0. The second-order valence-electron chi connectivity index (χ2n) is 5.35. The van der Waals surface area contributed by atoms with Gasteiger partial charge >= 0.3 is 0 Å². The molecule has 3 N–H and O–H groups in total. The van der Waals surface area contributed by atoms with Gasteiger partial charge in [0.1, 0.15) is 17.2 Å². The first kappa shape index (κ1) is 14.9. The van der Waals surface area contributed by atoms with Gasteiger partial charge in [0.15, 0.2) is 0 Å². The van der Waals surface area contributed by atoms with Gasteiger partial charge in [-0.1, -0.05) is 19.9 Å². The van der Waals surface area contributed by atoms with Gasteiger partial charge in [-0.3, -0.25) is 20.0 Å². The molecular weight excluding hydrogens is 301 g/mol. The smallest absolute Gasteiger partial charge is 0.263 e. The number of hydrogen-bond donors (Lipinski definition) is 3. The number of H-pyrrole nitrogens is 2. The van der Waals surface area contributed by atoms with Crippen molar-refractivity contribution in [3.8, 4) is 0 Å². The molecule has 0 bridgehead atoms. The Hall–Kier alpha value is -3.03. The molecule has 0 aliphatic carbocycles. The highest BCUT2D eigenvalue weighted by Gasteiger charge is 2.16. The zero-order valence-electron chi connectivity index (χ0n) is 12.5. The number of halogens is 1. The number of nitrogens with one attached hydrogen (secondary N) is 3. The van der Waals surface area contributed by atoms with Crippen molar-refractivity contribution >= 4 is 22.8 Å². The van der Waals surface area contributed by atoms with Crippen LogP contribution >= 0.6 is 0 Å². The summed E-state index contributed by atoms with van der Waals surface area (Å²) in [6, 6.07) is 4.11. The van der Waals surface area contributed by atoms with E-state index in [-0.39, 0.29) is 28.3 Å². The fourth-order valence-corrected chi connectivity index (χ4v) is 2.14. The SMILES string of the molecule is CC(C)c1nc(NC(=O)c2c[nH]c3c(F)cccc3c2=O)n[nH]1. The van der Waals surface area contributed by atoms with E-state index in [2.05, 4.69) is 25.5 Å². The third-order valence-corrected chi connectivity index (χ3v) is 3.38. The van der Waals surface area contributed by atoms with Crippen LogP contribution in [-0.2, 0) is 0 Å². The number of fused-ring (bicyclic) bond motifs is 1. The molecule has 1 amide bonds. The minimum atomic E-state index is -0.660. The summed E-state index contributed by atoms with van der Waals surface area (Å²) in [6.07, 6.45) is 1.18. The van der Waals surface area contributed by atoms with Gasteiger partial charge in [-0.15, -0.1) is 5.10 Å². The Kier molecular flexibility index (Phi) is 3.65. The molecule has 23 heavy (non-hydrogen) atoms. The van der Waals surface area contributed by atoms with Crippen molar-refractivity contribution in [2.24, 2.45) is 0 Å². The van der Waals surface area contributed by atoms with Crippen LogP contribution in [-0.4, -0.2) is 26.1 Å². The highest BCUT2D eigenvalue weighted by Crippen LogP contribution is 2.13. The van der Waals surface area contributed by atoms with Crippen LogP contribution in [0.5, 0.6) is 0 Å². The predicted octanol–water partition coefficient (Wildman–Crippen LogP) is 2.16. The van der Waals surface area contributed by atoms with E-state index in [0.29, 0.717) is 5.82 Å². The molecule has 8 heteroatoms. The summed E-state index contributed by atoms with van der Waals surface area (Å²) in [5.74, 6) is -0.388. The summed E-state index contributed by atoms with van der Waals surface area (Å²) < 4.78 is 13.6. The minimum absolute atomic E-state index is 0.0639. The standard InChI is InChI=1S/C15H14FN5O2/c1-7(2)13-18-15(21-20-13)19-14(23)9-6-17-11-8(12(9)22)4-3-5-10(11)16/h3-7H,1-2H3,(H,17,22)(H2,18,19,20,21,23). The molecule has 0 spiro atoms. The molecule has 0 unspecified atom stereocenters. The number of amides is 1. The number of benzene rings is 1. The van der Waals surface area contributed by atoms with Crippen LogP contribution < -0.4 is 10.7 Å². The summed E-state index contributed by atoms with van der Waals surface area (Å²) in [6.45, 7) is 3.85. The molecule has 0 fully saturated rings. The monoisotopic (exact) mass is 315 g/mol. The molecule has 0 saturated carbocycles. The van der Waals surface area contributed by atoms with Gasteiger partial charge < -0.3 is 4.98 Å². The van der Waals surface area contributed by atoms with Gasteiger partial charge in [-0.25, -0.2) is 4.39 Å². The van der Waals surface area contributed by atoms with E-state index in [4.69, 9.17) is 0 Å². The predicted molar refractivity (Wildman–Crippen MR) is 83.0 cm³/mol. The Bertz CT molecular complexity index is 944. The summed E-state index contributed by atoms with van der Waals surface area (Å²) in [5.41, 5.74) is -0.636. The molecule has 118 valence electrons. The van der Waals surface area contributed by atoms with Crippen molar-refractivity contribution < 1.29 is 9.18 Å². The van der Waals surface area contributed by atoms with E-state index in [1.54, 1.807) is 0 Å². The lowest BCUT2D eigenvalue weighted by Gasteiger charge is -2.03. The number of carbonyl (C=O) groups excluding carboxylic acids is 1. The molecule has 0 atom stereocenters. The number of rotatable bonds is 3. The summed E-state index contributed by atoms with van der Waals surface area (Å²) in [5, 5.41) is 9.13. The summed E-state index contributed by atoms with van der Waals surface area (Å²) in [7, 11) is 0. The number of pyridine rings is 1. The molecule has 3 rings (SSSR count). The largest absolute Gasteiger partial charge is 0.358 e. The van der Waals surface area contributed by atoms with Gasteiger partial charge in [0.2, 0.25) is 11.4 Å². The molecule has 1 aromatic carbocycles. The van der Waals surface area contributed by atoms with Crippen molar-refractivity contribution in [3.63, 3.8) is 0 Å².